The van der Waals surface area contributed by atoms with Crippen LogP contribution in [-0.4, -0.2) is 47.7 Å². The lowest BCUT2D eigenvalue weighted by Crippen LogP contribution is -2.38. The summed E-state index contributed by atoms with van der Waals surface area (Å²) in [6.45, 7) is 9.85. The normalized spacial score (nSPS) is 13.3. The number of amides is 1. The van der Waals surface area contributed by atoms with E-state index in [4.69, 9.17) is 0 Å². The summed E-state index contributed by atoms with van der Waals surface area (Å²) in [6.07, 6.45) is 0.623. The molecule has 0 rings (SSSR count). The van der Waals surface area contributed by atoms with Crippen molar-refractivity contribution < 1.29 is 9.90 Å². The van der Waals surface area contributed by atoms with Gasteiger partial charge in [0, 0.05) is 32.6 Å². The van der Waals surface area contributed by atoms with Gasteiger partial charge in [0.15, 0.2) is 0 Å². The van der Waals surface area contributed by atoms with E-state index in [0.29, 0.717) is 19.1 Å². The number of aliphatic hydroxyl groups is 1. The molecular weight excluding hydrogens is 192 g/mol. The van der Waals surface area contributed by atoms with Crippen LogP contribution in [0.25, 0.3) is 0 Å². The molecule has 0 radical (unpaired) electrons. The second-order valence-electron chi connectivity index (χ2n) is 4.27. The van der Waals surface area contributed by atoms with E-state index in [-0.39, 0.29) is 12.0 Å². The molecule has 2 N–H and O–H groups in total. The Balaban J connectivity index is 3.71. The van der Waals surface area contributed by atoms with Crippen molar-refractivity contribution in [1.82, 2.24) is 10.2 Å². The van der Waals surface area contributed by atoms with Crippen LogP contribution in [0.3, 0.4) is 0 Å². The summed E-state index contributed by atoms with van der Waals surface area (Å²) in [6, 6.07) is 0.428. The highest BCUT2D eigenvalue weighted by atomic mass is 16.3. The Morgan fingerprint density at radius 2 is 2.00 bits per heavy atom. The number of hydrogen-bond donors (Lipinski definition) is 2. The van der Waals surface area contributed by atoms with Gasteiger partial charge in [0.2, 0.25) is 5.91 Å². The van der Waals surface area contributed by atoms with Gasteiger partial charge in [0.05, 0.1) is 6.10 Å². The molecule has 0 heterocycles. The molecular formula is C11H24N2O2. The molecule has 0 aliphatic heterocycles. The summed E-state index contributed by atoms with van der Waals surface area (Å²) >= 11 is 0. The molecule has 15 heavy (non-hydrogen) atoms. The fraction of sp³-hybridized carbons (Fsp3) is 0.909. The summed E-state index contributed by atoms with van der Waals surface area (Å²) in [5, 5.41) is 12.1. The van der Waals surface area contributed by atoms with Crippen molar-refractivity contribution in [2.24, 2.45) is 0 Å². The van der Waals surface area contributed by atoms with Crippen LogP contribution >= 0.6 is 0 Å². The first-order valence-corrected chi connectivity index (χ1v) is 5.60. The maximum Gasteiger partial charge on any atom is 0.216 e. The van der Waals surface area contributed by atoms with Crippen molar-refractivity contribution in [1.29, 1.82) is 0 Å². The molecule has 0 fully saturated rings. The Morgan fingerprint density at radius 3 is 2.40 bits per heavy atom. The van der Waals surface area contributed by atoms with Gasteiger partial charge >= 0.3 is 0 Å². The topological polar surface area (TPSA) is 52.6 Å². The fourth-order valence-electron chi connectivity index (χ4n) is 1.45. The van der Waals surface area contributed by atoms with Crippen LogP contribution in [0.5, 0.6) is 0 Å². The summed E-state index contributed by atoms with van der Waals surface area (Å²) in [7, 11) is 0. The monoisotopic (exact) mass is 216 g/mol. The fourth-order valence-corrected chi connectivity index (χ4v) is 1.45. The number of nitrogens with zero attached hydrogens (tertiary/aromatic N) is 1. The highest BCUT2D eigenvalue weighted by molar-refractivity contribution is 5.72. The average Bonchev–Trinajstić information content (AvgIpc) is 2.08. The molecule has 1 amide bonds. The van der Waals surface area contributed by atoms with E-state index >= 15 is 0 Å². The van der Waals surface area contributed by atoms with Crippen molar-refractivity contribution in [3.05, 3.63) is 0 Å². The van der Waals surface area contributed by atoms with Gasteiger partial charge < -0.3 is 10.4 Å². The Labute approximate surface area is 92.7 Å². The first-order valence-electron chi connectivity index (χ1n) is 5.60. The number of carbonyl (C=O) groups excluding carboxylic acids is 1. The van der Waals surface area contributed by atoms with Crippen molar-refractivity contribution in [3.63, 3.8) is 0 Å². The molecule has 0 saturated heterocycles. The number of rotatable bonds is 7. The summed E-state index contributed by atoms with van der Waals surface area (Å²) in [5.41, 5.74) is 0. The molecule has 0 saturated carbocycles. The number of hydrogen-bond acceptors (Lipinski definition) is 3. The maximum absolute atomic E-state index is 10.6. The first kappa shape index (κ1) is 14.4. The van der Waals surface area contributed by atoms with Gasteiger partial charge in [-0.2, -0.15) is 0 Å². The van der Waals surface area contributed by atoms with E-state index < -0.39 is 0 Å². The third-order valence-corrected chi connectivity index (χ3v) is 2.23. The minimum absolute atomic E-state index is 0.0154. The molecule has 90 valence electrons. The highest BCUT2D eigenvalue weighted by Gasteiger charge is 2.11. The van der Waals surface area contributed by atoms with Crippen molar-refractivity contribution >= 4 is 5.91 Å². The predicted molar refractivity (Wildman–Crippen MR) is 61.7 cm³/mol. The van der Waals surface area contributed by atoms with Crippen molar-refractivity contribution in [3.8, 4) is 0 Å². The second kappa shape index (κ2) is 7.65. The summed E-state index contributed by atoms with van der Waals surface area (Å²) < 4.78 is 0. The molecule has 1 atom stereocenters. The van der Waals surface area contributed by atoms with Crippen LogP contribution in [0, 0.1) is 0 Å². The lowest BCUT2D eigenvalue weighted by Gasteiger charge is -2.27. The molecule has 0 aliphatic carbocycles. The largest absolute Gasteiger partial charge is 0.392 e. The average molecular weight is 216 g/mol. The van der Waals surface area contributed by atoms with E-state index in [1.165, 1.54) is 6.92 Å². The third kappa shape index (κ3) is 8.39. The summed E-state index contributed by atoms with van der Waals surface area (Å²) in [4.78, 5) is 12.9. The lowest BCUT2D eigenvalue weighted by molar-refractivity contribution is -0.118. The Kier molecular flexibility index (Phi) is 7.34. The molecule has 1 unspecified atom stereocenters. The first-order chi connectivity index (χ1) is 6.93. The molecule has 0 bridgehead atoms. The molecule has 4 nitrogen and oxygen atoms in total. The minimum atomic E-state index is -0.298. The van der Waals surface area contributed by atoms with E-state index in [1.807, 2.05) is 0 Å². The van der Waals surface area contributed by atoms with Crippen LogP contribution in [0.15, 0.2) is 0 Å². The van der Waals surface area contributed by atoms with Gasteiger partial charge in [-0.3, -0.25) is 9.69 Å². The van der Waals surface area contributed by atoms with Crippen molar-refractivity contribution in [2.45, 2.75) is 46.3 Å². The van der Waals surface area contributed by atoms with E-state index in [1.54, 1.807) is 6.92 Å². The highest BCUT2D eigenvalue weighted by Crippen LogP contribution is 2.01. The van der Waals surface area contributed by atoms with Crippen LogP contribution in [0.4, 0.5) is 0 Å². The smallest absolute Gasteiger partial charge is 0.216 e. The third-order valence-electron chi connectivity index (χ3n) is 2.23. The van der Waals surface area contributed by atoms with Crippen LogP contribution < -0.4 is 5.32 Å². The lowest BCUT2D eigenvalue weighted by atomic mass is 10.2. The summed E-state index contributed by atoms with van der Waals surface area (Å²) in [5.74, 6) is 0.0154. The van der Waals surface area contributed by atoms with Gasteiger partial charge in [-0.25, -0.2) is 0 Å². The zero-order chi connectivity index (χ0) is 11.8. The standard InChI is InChI=1S/C11H24N2O2/c1-9(2)13(8-10(3)14)7-5-6-12-11(4)15/h9-10,14H,5-8H2,1-4H3,(H,12,15). The maximum atomic E-state index is 10.6. The SMILES string of the molecule is CC(=O)NCCCN(CC(C)O)C(C)C. The number of nitrogens with one attached hydrogen (secondary N) is 1. The number of aliphatic hydroxyl groups excluding tert-OH is 1. The molecule has 0 aromatic heterocycles. The molecule has 0 aromatic rings. The number of carbonyl (C=O) groups is 1. The van der Waals surface area contributed by atoms with Crippen LogP contribution in [-0.2, 0) is 4.79 Å². The second-order valence-corrected chi connectivity index (χ2v) is 4.27. The zero-order valence-electron chi connectivity index (χ0n) is 10.3. The van der Waals surface area contributed by atoms with Gasteiger partial charge in [-0.05, 0) is 27.2 Å². The van der Waals surface area contributed by atoms with Crippen molar-refractivity contribution in [2.75, 3.05) is 19.6 Å². The Morgan fingerprint density at radius 1 is 1.40 bits per heavy atom. The van der Waals surface area contributed by atoms with Gasteiger partial charge in [-0.1, -0.05) is 0 Å². The van der Waals surface area contributed by atoms with Gasteiger partial charge in [0.25, 0.3) is 0 Å². The molecule has 0 aliphatic rings. The van der Waals surface area contributed by atoms with Gasteiger partial charge in [-0.15, -0.1) is 0 Å². The Hall–Kier alpha value is -0.610. The molecule has 0 spiro atoms. The van der Waals surface area contributed by atoms with E-state index in [9.17, 15) is 9.90 Å². The minimum Gasteiger partial charge on any atom is -0.392 e. The van der Waals surface area contributed by atoms with Crippen LogP contribution in [0.1, 0.15) is 34.1 Å². The molecule has 4 heteroatoms. The zero-order valence-corrected chi connectivity index (χ0v) is 10.3. The van der Waals surface area contributed by atoms with Crippen LogP contribution in [0.2, 0.25) is 0 Å². The van der Waals surface area contributed by atoms with E-state index in [2.05, 4.69) is 24.1 Å². The quantitative estimate of drug-likeness (QED) is 0.613. The van der Waals surface area contributed by atoms with E-state index in [0.717, 1.165) is 13.0 Å². The van der Waals surface area contributed by atoms with Gasteiger partial charge in [0.1, 0.15) is 0 Å². The molecule has 0 aromatic carbocycles. The Bertz CT molecular complexity index is 181. The predicted octanol–water partition coefficient (Wildman–Crippen LogP) is 0.604.